The molecule has 108 valence electrons. The van der Waals surface area contributed by atoms with Crippen molar-refractivity contribution in [3.8, 4) is 0 Å². The number of carbonyl (C=O) groups excluding carboxylic acids is 1. The van der Waals surface area contributed by atoms with E-state index in [0.29, 0.717) is 12.2 Å². The van der Waals surface area contributed by atoms with Gasteiger partial charge in [0.05, 0.1) is 0 Å². The van der Waals surface area contributed by atoms with Crippen LogP contribution in [0.5, 0.6) is 0 Å². The van der Waals surface area contributed by atoms with Crippen molar-refractivity contribution in [3.05, 3.63) is 35.7 Å². The standard InChI is InChI=1S/C15H22N4O/c1-12-9-18(4)7-8-19(12)10-13-5-6-15(17(2)3)16-14(13)11-20/h5-6,11H,1,7-10H2,2-4H3. The van der Waals surface area contributed by atoms with Gasteiger partial charge in [0.25, 0.3) is 0 Å². The van der Waals surface area contributed by atoms with Gasteiger partial charge < -0.3 is 9.80 Å². The third kappa shape index (κ3) is 3.17. The number of rotatable bonds is 4. The highest BCUT2D eigenvalue weighted by Gasteiger charge is 2.18. The Labute approximate surface area is 120 Å². The van der Waals surface area contributed by atoms with Crippen molar-refractivity contribution in [1.82, 2.24) is 14.8 Å². The van der Waals surface area contributed by atoms with Gasteiger partial charge in [0.1, 0.15) is 11.5 Å². The number of pyridine rings is 1. The number of likely N-dealkylation sites (N-methyl/N-ethyl adjacent to an activating group) is 1. The van der Waals surface area contributed by atoms with Gasteiger partial charge in [-0.3, -0.25) is 9.69 Å². The average molecular weight is 274 g/mol. The predicted molar refractivity (Wildman–Crippen MR) is 81.0 cm³/mol. The molecule has 5 heteroatoms. The Kier molecular flexibility index (Phi) is 4.39. The minimum Gasteiger partial charge on any atom is -0.369 e. The molecule has 0 bridgehead atoms. The van der Waals surface area contributed by atoms with Crippen molar-refractivity contribution in [3.63, 3.8) is 0 Å². The van der Waals surface area contributed by atoms with Crippen LogP contribution in [-0.4, -0.2) is 61.8 Å². The summed E-state index contributed by atoms with van der Waals surface area (Å²) < 4.78 is 0. The molecule has 0 unspecified atom stereocenters. The van der Waals surface area contributed by atoms with Crippen LogP contribution in [0.3, 0.4) is 0 Å². The number of aldehydes is 1. The van der Waals surface area contributed by atoms with Crippen LogP contribution in [0.15, 0.2) is 24.4 Å². The maximum Gasteiger partial charge on any atom is 0.168 e. The van der Waals surface area contributed by atoms with E-state index in [2.05, 4.69) is 28.4 Å². The van der Waals surface area contributed by atoms with Crippen LogP contribution in [0.25, 0.3) is 0 Å². The highest BCUT2D eigenvalue weighted by atomic mass is 16.1. The molecular weight excluding hydrogens is 252 g/mol. The first-order chi connectivity index (χ1) is 9.51. The molecule has 5 nitrogen and oxygen atoms in total. The summed E-state index contributed by atoms with van der Waals surface area (Å²) in [7, 11) is 5.92. The lowest BCUT2D eigenvalue weighted by atomic mass is 10.1. The molecule has 1 aromatic rings. The third-order valence-corrected chi connectivity index (χ3v) is 3.58. The van der Waals surface area contributed by atoms with E-state index in [1.807, 2.05) is 31.1 Å². The van der Waals surface area contributed by atoms with Gasteiger partial charge in [-0.15, -0.1) is 0 Å². The van der Waals surface area contributed by atoms with Gasteiger partial charge in [0.2, 0.25) is 0 Å². The Balaban J connectivity index is 2.17. The van der Waals surface area contributed by atoms with Gasteiger partial charge in [0.15, 0.2) is 6.29 Å². The average Bonchev–Trinajstić information content (AvgIpc) is 2.42. The Hall–Kier alpha value is -1.88. The molecular formula is C15H22N4O. The fraction of sp³-hybridized carbons (Fsp3) is 0.467. The van der Waals surface area contributed by atoms with Crippen molar-refractivity contribution in [2.24, 2.45) is 0 Å². The van der Waals surface area contributed by atoms with Crippen molar-refractivity contribution in [1.29, 1.82) is 0 Å². The molecule has 2 heterocycles. The van der Waals surface area contributed by atoms with E-state index >= 15 is 0 Å². The summed E-state index contributed by atoms with van der Waals surface area (Å²) in [6, 6.07) is 3.93. The van der Waals surface area contributed by atoms with Crippen LogP contribution in [0.1, 0.15) is 16.1 Å². The molecule has 0 aromatic carbocycles. The van der Waals surface area contributed by atoms with E-state index in [4.69, 9.17) is 0 Å². The van der Waals surface area contributed by atoms with Crippen molar-refractivity contribution in [2.75, 3.05) is 45.7 Å². The Bertz CT molecular complexity index is 513. The molecule has 1 fully saturated rings. The van der Waals surface area contributed by atoms with Gasteiger partial charge >= 0.3 is 0 Å². The number of aromatic nitrogens is 1. The fourth-order valence-electron chi connectivity index (χ4n) is 2.31. The van der Waals surface area contributed by atoms with Crippen LogP contribution in [0.2, 0.25) is 0 Å². The van der Waals surface area contributed by atoms with Crippen molar-refractivity contribution < 1.29 is 4.79 Å². The van der Waals surface area contributed by atoms with Gasteiger partial charge in [-0.2, -0.15) is 0 Å². The lowest BCUT2D eigenvalue weighted by Gasteiger charge is -2.36. The van der Waals surface area contributed by atoms with Gasteiger partial charge in [0, 0.05) is 51.5 Å². The van der Waals surface area contributed by atoms with E-state index in [9.17, 15) is 4.79 Å². The highest BCUT2D eigenvalue weighted by molar-refractivity contribution is 5.75. The zero-order valence-electron chi connectivity index (χ0n) is 12.5. The zero-order chi connectivity index (χ0) is 14.7. The minimum atomic E-state index is 0.517. The summed E-state index contributed by atoms with van der Waals surface area (Å²) in [5, 5.41) is 0. The molecule has 20 heavy (non-hydrogen) atoms. The van der Waals surface area contributed by atoms with E-state index < -0.39 is 0 Å². The van der Waals surface area contributed by atoms with Gasteiger partial charge in [-0.05, 0) is 13.1 Å². The lowest BCUT2D eigenvalue weighted by molar-refractivity contribution is 0.111. The van der Waals surface area contributed by atoms with Crippen LogP contribution < -0.4 is 4.90 Å². The largest absolute Gasteiger partial charge is 0.369 e. The summed E-state index contributed by atoms with van der Waals surface area (Å²) in [5.41, 5.74) is 2.56. The summed E-state index contributed by atoms with van der Waals surface area (Å²) in [5.74, 6) is 0.799. The Morgan fingerprint density at radius 2 is 2.15 bits per heavy atom. The van der Waals surface area contributed by atoms with Crippen molar-refractivity contribution >= 4 is 12.1 Å². The third-order valence-electron chi connectivity index (χ3n) is 3.58. The van der Waals surface area contributed by atoms with Gasteiger partial charge in [-0.25, -0.2) is 4.98 Å². The topological polar surface area (TPSA) is 39.7 Å². The smallest absolute Gasteiger partial charge is 0.168 e. The second-order valence-electron chi connectivity index (χ2n) is 5.45. The fourth-order valence-corrected chi connectivity index (χ4v) is 2.31. The minimum absolute atomic E-state index is 0.517. The highest BCUT2D eigenvalue weighted by Crippen LogP contribution is 2.18. The molecule has 0 radical (unpaired) electrons. The maximum absolute atomic E-state index is 11.2. The molecule has 1 saturated heterocycles. The quantitative estimate of drug-likeness (QED) is 0.772. The molecule has 1 aliphatic heterocycles. The number of carbonyl (C=O) groups is 1. The molecule has 0 amide bonds. The second kappa shape index (κ2) is 6.05. The number of hydrogen-bond donors (Lipinski definition) is 0. The number of nitrogens with zero attached hydrogens (tertiary/aromatic N) is 4. The van der Waals surface area contributed by atoms with Gasteiger partial charge in [-0.1, -0.05) is 12.6 Å². The predicted octanol–water partition coefficient (Wildman–Crippen LogP) is 1.22. The Morgan fingerprint density at radius 3 is 2.75 bits per heavy atom. The Morgan fingerprint density at radius 1 is 1.40 bits per heavy atom. The first-order valence-corrected chi connectivity index (χ1v) is 6.75. The maximum atomic E-state index is 11.2. The van der Waals surface area contributed by atoms with Crippen LogP contribution in [0, 0.1) is 0 Å². The SMILES string of the molecule is C=C1CN(C)CCN1Cc1ccc(N(C)C)nc1C=O. The van der Waals surface area contributed by atoms with Crippen LogP contribution >= 0.6 is 0 Å². The normalized spacial score (nSPS) is 16.4. The van der Waals surface area contributed by atoms with Crippen molar-refractivity contribution in [2.45, 2.75) is 6.54 Å². The zero-order valence-corrected chi connectivity index (χ0v) is 12.5. The lowest BCUT2D eigenvalue weighted by Crippen LogP contribution is -2.42. The van der Waals surface area contributed by atoms with Crippen LogP contribution in [0.4, 0.5) is 5.82 Å². The first-order valence-electron chi connectivity index (χ1n) is 6.75. The molecule has 1 aliphatic rings. The molecule has 1 aromatic heterocycles. The van der Waals surface area contributed by atoms with Crippen LogP contribution in [-0.2, 0) is 6.54 Å². The molecule has 0 atom stereocenters. The number of anilines is 1. The summed E-state index contributed by atoms with van der Waals surface area (Å²) in [6.45, 7) is 7.63. The molecule has 0 spiro atoms. The molecule has 0 aliphatic carbocycles. The van der Waals surface area contributed by atoms with E-state index in [1.54, 1.807) is 0 Å². The second-order valence-corrected chi connectivity index (χ2v) is 5.45. The van der Waals surface area contributed by atoms with E-state index in [1.165, 1.54) is 0 Å². The molecule has 0 saturated carbocycles. The summed E-state index contributed by atoms with van der Waals surface area (Å²) in [4.78, 5) is 22.0. The molecule has 0 N–H and O–H groups in total. The first kappa shape index (κ1) is 14.5. The monoisotopic (exact) mass is 274 g/mol. The molecule has 2 rings (SSSR count). The van der Waals surface area contributed by atoms with E-state index in [-0.39, 0.29) is 0 Å². The number of piperazine rings is 1. The number of hydrogen-bond acceptors (Lipinski definition) is 5. The van der Waals surface area contributed by atoms with E-state index in [0.717, 1.165) is 43.0 Å². The summed E-state index contributed by atoms with van der Waals surface area (Å²) in [6.07, 6.45) is 0.834. The summed E-state index contributed by atoms with van der Waals surface area (Å²) >= 11 is 0.